The molecule has 8 nitrogen and oxygen atoms in total. The Morgan fingerprint density at radius 3 is 2.38 bits per heavy atom. The fourth-order valence-electron chi connectivity index (χ4n) is 2.51. The molecule has 0 spiro atoms. The van der Waals surface area contributed by atoms with Gasteiger partial charge in [-0.05, 0) is 42.7 Å². The van der Waals surface area contributed by atoms with Crippen molar-refractivity contribution in [1.82, 2.24) is 0 Å². The highest BCUT2D eigenvalue weighted by Crippen LogP contribution is 2.26. The largest absolute Gasteiger partial charge is 0.426 e. The molecule has 1 atom stereocenters. The van der Waals surface area contributed by atoms with Gasteiger partial charge in [0.1, 0.15) is 16.4 Å². The fraction of sp³-hybridized carbons (Fsp3) is 0.316. The number of carbonyl (C=O) groups excluding carboxylic acids is 1. The molecule has 0 aliphatic rings. The molecule has 0 saturated carbocycles. The molecule has 0 radical (unpaired) electrons. The Bertz CT molecular complexity index is 1030. The zero-order valence-corrected chi connectivity index (χ0v) is 17.6. The van der Waals surface area contributed by atoms with Crippen LogP contribution in [0.2, 0.25) is 0 Å². The van der Waals surface area contributed by atoms with Crippen LogP contribution in [0.3, 0.4) is 0 Å². The third-order valence-corrected chi connectivity index (χ3v) is 6.47. The summed E-state index contributed by atoms with van der Waals surface area (Å²) in [7, 11) is -5.74. The van der Waals surface area contributed by atoms with E-state index in [-0.39, 0.29) is 15.5 Å². The van der Waals surface area contributed by atoms with Gasteiger partial charge >= 0.3 is 5.97 Å². The van der Waals surface area contributed by atoms with Gasteiger partial charge in [0.2, 0.25) is 0 Å². The van der Waals surface area contributed by atoms with Gasteiger partial charge in [-0.2, -0.15) is 0 Å². The van der Waals surface area contributed by atoms with Gasteiger partial charge in [-0.1, -0.05) is 25.5 Å². The minimum absolute atomic E-state index is 0.241. The van der Waals surface area contributed by atoms with Crippen molar-refractivity contribution in [2.75, 3.05) is 12.0 Å². The number of nitro groups is 1. The maximum absolute atomic E-state index is 12.5. The van der Waals surface area contributed by atoms with E-state index in [9.17, 15) is 27.5 Å². The van der Waals surface area contributed by atoms with Crippen LogP contribution in [0.25, 0.3) is 0 Å². The van der Waals surface area contributed by atoms with Crippen LogP contribution in [0, 0.1) is 10.1 Å². The molecule has 0 aliphatic carbocycles. The Balaban J connectivity index is 2.11. The van der Waals surface area contributed by atoms with Gasteiger partial charge in [0.15, 0.2) is 9.84 Å². The molecule has 2 aromatic carbocycles. The van der Waals surface area contributed by atoms with E-state index in [1.165, 1.54) is 0 Å². The Hall–Kier alpha value is -2.59. The number of nitrogens with zero attached hydrogens (tertiary/aromatic N) is 1. The lowest BCUT2D eigenvalue weighted by molar-refractivity contribution is -0.388. The lowest BCUT2D eigenvalue weighted by Crippen LogP contribution is -2.18. The molecule has 0 N–H and O–H groups in total. The van der Waals surface area contributed by atoms with Crippen LogP contribution in [-0.2, 0) is 31.9 Å². The van der Waals surface area contributed by atoms with Crippen molar-refractivity contribution in [2.24, 2.45) is 0 Å². The highest BCUT2D eigenvalue weighted by molar-refractivity contribution is 7.90. The maximum atomic E-state index is 12.5. The van der Waals surface area contributed by atoms with Crippen molar-refractivity contribution in [3.63, 3.8) is 0 Å². The van der Waals surface area contributed by atoms with Gasteiger partial charge < -0.3 is 4.74 Å². The number of hydrogen-bond acceptors (Lipinski definition) is 7. The van der Waals surface area contributed by atoms with Gasteiger partial charge in [0.05, 0.1) is 20.6 Å². The molecule has 0 aromatic heterocycles. The standard InChI is InChI=1S/C19H21NO7S2/c1-3-4-5-14-6-8-15(9-7-14)27-19(21)13-28(24)18-11-10-16(29(2,25)26)12-17(18)20(22)23/h6-12H,3-5,13H2,1-2H3. The highest BCUT2D eigenvalue weighted by atomic mass is 32.2. The molecule has 29 heavy (non-hydrogen) atoms. The predicted molar refractivity (Wildman–Crippen MR) is 108 cm³/mol. The van der Waals surface area contributed by atoms with Crippen LogP contribution in [-0.4, -0.2) is 35.5 Å². The number of nitro benzene ring substituents is 1. The summed E-state index contributed by atoms with van der Waals surface area (Å²) in [6.45, 7) is 2.09. The monoisotopic (exact) mass is 439 g/mol. The molecule has 0 bridgehead atoms. The second-order valence-electron chi connectivity index (χ2n) is 6.37. The van der Waals surface area contributed by atoms with Crippen LogP contribution >= 0.6 is 0 Å². The molecule has 0 fully saturated rings. The minimum Gasteiger partial charge on any atom is -0.426 e. The topological polar surface area (TPSA) is 121 Å². The van der Waals surface area contributed by atoms with E-state index in [1.807, 2.05) is 12.1 Å². The summed E-state index contributed by atoms with van der Waals surface area (Å²) < 4.78 is 40.8. The summed E-state index contributed by atoms with van der Waals surface area (Å²) in [4.78, 5) is 22.0. The number of ether oxygens (including phenoxy) is 1. The zero-order chi connectivity index (χ0) is 21.6. The van der Waals surface area contributed by atoms with Crippen LogP contribution in [0.5, 0.6) is 5.75 Å². The number of carbonyl (C=O) groups is 1. The molecular weight excluding hydrogens is 418 g/mol. The van der Waals surface area contributed by atoms with Crippen LogP contribution in [0.4, 0.5) is 5.69 Å². The molecule has 2 rings (SSSR count). The van der Waals surface area contributed by atoms with Crippen molar-refractivity contribution in [2.45, 2.75) is 36.0 Å². The SMILES string of the molecule is CCCCc1ccc(OC(=O)CS(=O)c2ccc(S(C)(=O)=O)cc2[N+](=O)[O-])cc1. The minimum atomic E-state index is -3.67. The molecule has 156 valence electrons. The molecule has 2 aromatic rings. The van der Waals surface area contributed by atoms with Crippen molar-refractivity contribution in [3.05, 3.63) is 58.1 Å². The van der Waals surface area contributed by atoms with E-state index in [0.717, 1.165) is 49.3 Å². The number of hydrogen-bond donors (Lipinski definition) is 0. The summed E-state index contributed by atoms with van der Waals surface area (Å²) in [5.41, 5.74) is 0.483. The Kier molecular flexibility index (Phi) is 7.63. The molecule has 1 unspecified atom stereocenters. The summed E-state index contributed by atoms with van der Waals surface area (Å²) in [6.07, 6.45) is 3.95. The number of rotatable bonds is 9. The van der Waals surface area contributed by atoms with Gasteiger partial charge in [0.25, 0.3) is 5.69 Å². The van der Waals surface area contributed by atoms with Crippen molar-refractivity contribution >= 4 is 32.3 Å². The van der Waals surface area contributed by atoms with Gasteiger partial charge in [-0.3, -0.25) is 19.1 Å². The summed E-state index contributed by atoms with van der Waals surface area (Å²) >= 11 is 0. The maximum Gasteiger partial charge on any atom is 0.324 e. The third kappa shape index (κ3) is 6.47. The summed E-state index contributed by atoms with van der Waals surface area (Å²) in [5.74, 6) is -1.13. The van der Waals surface area contributed by atoms with E-state index >= 15 is 0 Å². The first-order valence-corrected chi connectivity index (χ1v) is 12.0. The van der Waals surface area contributed by atoms with E-state index in [0.29, 0.717) is 0 Å². The average Bonchev–Trinajstić information content (AvgIpc) is 2.66. The van der Waals surface area contributed by atoms with E-state index in [2.05, 4.69) is 6.92 Å². The summed E-state index contributed by atoms with van der Waals surface area (Å²) in [5, 5.41) is 11.2. The average molecular weight is 440 g/mol. The predicted octanol–water partition coefficient (Wildman–Crippen LogP) is 3.05. The molecule has 10 heteroatoms. The van der Waals surface area contributed by atoms with Gasteiger partial charge in [0, 0.05) is 12.3 Å². The normalized spacial score (nSPS) is 12.3. The smallest absolute Gasteiger partial charge is 0.324 e. The second kappa shape index (κ2) is 9.75. The first-order valence-electron chi connectivity index (χ1n) is 8.78. The first kappa shape index (κ1) is 22.7. The zero-order valence-electron chi connectivity index (χ0n) is 16.0. The molecular formula is C19H21NO7S2. The number of sulfone groups is 1. The van der Waals surface area contributed by atoms with Crippen LogP contribution in [0.1, 0.15) is 25.3 Å². The van der Waals surface area contributed by atoms with Crippen molar-refractivity contribution < 1.29 is 27.1 Å². The number of unbranched alkanes of at least 4 members (excludes halogenated alkanes) is 1. The quantitative estimate of drug-likeness (QED) is 0.255. The number of esters is 1. The Morgan fingerprint density at radius 2 is 1.83 bits per heavy atom. The Labute approximate surface area is 171 Å². The van der Waals surface area contributed by atoms with Gasteiger partial charge in [-0.15, -0.1) is 0 Å². The van der Waals surface area contributed by atoms with E-state index < -0.39 is 43.0 Å². The lowest BCUT2D eigenvalue weighted by Gasteiger charge is -2.07. The van der Waals surface area contributed by atoms with Crippen LogP contribution < -0.4 is 4.74 Å². The molecule has 0 heterocycles. The first-order chi connectivity index (χ1) is 13.6. The lowest BCUT2D eigenvalue weighted by atomic mass is 10.1. The number of aryl methyl sites for hydroxylation is 1. The number of benzene rings is 2. The molecule has 0 saturated heterocycles. The van der Waals surface area contributed by atoms with Crippen LogP contribution in [0.15, 0.2) is 52.3 Å². The van der Waals surface area contributed by atoms with Gasteiger partial charge in [-0.25, -0.2) is 8.42 Å². The van der Waals surface area contributed by atoms with Crippen molar-refractivity contribution in [3.8, 4) is 5.75 Å². The molecule has 0 amide bonds. The molecule has 0 aliphatic heterocycles. The third-order valence-electron chi connectivity index (χ3n) is 4.02. The van der Waals surface area contributed by atoms with E-state index in [1.54, 1.807) is 12.1 Å². The highest BCUT2D eigenvalue weighted by Gasteiger charge is 2.24. The second-order valence-corrected chi connectivity index (χ2v) is 9.81. The Morgan fingerprint density at radius 1 is 1.17 bits per heavy atom. The van der Waals surface area contributed by atoms with E-state index in [4.69, 9.17) is 4.74 Å². The summed E-state index contributed by atoms with van der Waals surface area (Å²) in [6, 6.07) is 9.98. The fourth-order valence-corrected chi connectivity index (χ4v) is 4.17. The van der Waals surface area contributed by atoms with Crippen molar-refractivity contribution in [1.29, 1.82) is 0 Å².